The van der Waals surface area contributed by atoms with Gasteiger partial charge in [0, 0.05) is 10.7 Å². The number of nitrogen functional groups attached to an aromatic ring is 1. The molecule has 0 fully saturated rings. The lowest BCUT2D eigenvalue weighted by Crippen LogP contribution is -2.00. The number of hydrogen-bond donors (Lipinski definition) is 1. The van der Waals surface area contributed by atoms with Gasteiger partial charge < -0.3 is 5.73 Å². The molecule has 0 atom stereocenters. The summed E-state index contributed by atoms with van der Waals surface area (Å²) in [5.74, 6) is 0.484. The SMILES string of the molecule is Cc1ccc2c(c1)nc(N)n2-c1ccc(Cl)cc1. The summed E-state index contributed by atoms with van der Waals surface area (Å²) < 4.78 is 1.92. The first-order chi connectivity index (χ1) is 8.65. The van der Waals surface area contributed by atoms with Gasteiger partial charge in [0.25, 0.3) is 0 Å². The molecule has 0 bridgehead atoms. The Morgan fingerprint density at radius 2 is 1.83 bits per heavy atom. The molecule has 18 heavy (non-hydrogen) atoms. The molecule has 3 rings (SSSR count). The fourth-order valence-corrected chi connectivity index (χ4v) is 2.20. The monoisotopic (exact) mass is 257 g/mol. The third-order valence-electron chi connectivity index (χ3n) is 2.92. The van der Waals surface area contributed by atoms with Crippen molar-refractivity contribution in [1.82, 2.24) is 9.55 Å². The minimum atomic E-state index is 0.484. The highest BCUT2D eigenvalue weighted by atomic mass is 35.5. The van der Waals surface area contributed by atoms with E-state index in [0.717, 1.165) is 16.7 Å². The second-order valence-corrected chi connectivity index (χ2v) is 4.71. The molecule has 2 aromatic carbocycles. The van der Waals surface area contributed by atoms with E-state index in [0.29, 0.717) is 11.0 Å². The molecule has 0 amide bonds. The topological polar surface area (TPSA) is 43.8 Å². The van der Waals surface area contributed by atoms with Gasteiger partial charge in [0.2, 0.25) is 5.95 Å². The highest BCUT2D eigenvalue weighted by Crippen LogP contribution is 2.24. The van der Waals surface area contributed by atoms with Gasteiger partial charge in [-0.2, -0.15) is 0 Å². The van der Waals surface area contributed by atoms with E-state index in [9.17, 15) is 0 Å². The average molecular weight is 258 g/mol. The Balaban J connectivity index is 2.28. The second-order valence-electron chi connectivity index (χ2n) is 4.27. The highest BCUT2D eigenvalue weighted by Gasteiger charge is 2.09. The van der Waals surface area contributed by atoms with Crippen LogP contribution in [0.5, 0.6) is 0 Å². The van der Waals surface area contributed by atoms with Crippen LogP contribution < -0.4 is 5.73 Å². The maximum atomic E-state index is 5.99. The van der Waals surface area contributed by atoms with Gasteiger partial charge in [0.05, 0.1) is 11.0 Å². The number of benzene rings is 2. The van der Waals surface area contributed by atoms with Gasteiger partial charge in [-0.15, -0.1) is 0 Å². The number of hydrogen-bond acceptors (Lipinski definition) is 2. The van der Waals surface area contributed by atoms with Crippen molar-refractivity contribution < 1.29 is 0 Å². The Morgan fingerprint density at radius 1 is 1.11 bits per heavy atom. The van der Waals surface area contributed by atoms with Gasteiger partial charge >= 0.3 is 0 Å². The van der Waals surface area contributed by atoms with Gasteiger partial charge in [0.1, 0.15) is 0 Å². The first-order valence-corrected chi connectivity index (χ1v) is 6.03. The lowest BCUT2D eigenvalue weighted by atomic mass is 10.2. The zero-order chi connectivity index (χ0) is 12.7. The first kappa shape index (κ1) is 11.1. The predicted octanol–water partition coefficient (Wildman–Crippen LogP) is 3.57. The van der Waals surface area contributed by atoms with Crippen LogP contribution in [0, 0.1) is 6.92 Å². The van der Waals surface area contributed by atoms with Crippen molar-refractivity contribution in [2.45, 2.75) is 6.92 Å². The van der Waals surface area contributed by atoms with Crippen molar-refractivity contribution in [3.63, 3.8) is 0 Å². The smallest absolute Gasteiger partial charge is 0.205 e. The maximum absolute atomic E-state index is 5.99. The quantitative estimate of drug-likeness (QED) is 0.724. The summed E-state index contributed by atoms with van der Waals surface area (Å²) in [7, 11) is 0. The van der Waals surface area contributed by atoms with Crippen LogP contribution in [-0.4, -0.2) is 9.55 Å². The molecule has 0 saturated carbocycles. The zero-order valence-electron chi connectivity index (χ0n) is 9.89. The second kappa shape index (κ2) is 4.03. The van der Waals surface area contributed by atoms with Gasteiger partial charge in [-0.05, 0) is 48.9 Å². The molecule has 0 unspecified atom stereocenters. The number of imidazole rings is 1. The van der Waals surface area contributed by atoms with E-state index >= 15 is 0 Å². The number of halogens is 1. The van der Waals surface area contributed by atoms with Gasteiger partial charge in [-0.25, -0.2) is 4.98 Å². The van der Waals surface area contributed by atoms with E-state index in [2.05, 4.69) is 11.1 Å². The molecular weight excluding hydrogens is 246 g/mol. The van der Waals surface area contributed by atoms with Crippen LogP contribution in [0.25, 0.3) is 16.7 Å². The Morgan fingerprint density at radius 3 is 2.56 bits per heavy atom. The molecule has 4 heteroatoms. The summed E-state index contributed by atoms with van der Waals surface area (Å²) in [6, 6.07) is 13.7. The van der Waals surface area contributed by atoms with Crippen molar-refractivity contribution in [3.05, 3.63) is 53.1 Å². The van der Waals surface area contributed by atoms with Crippen molar-refractivity contribution in [1.29, 1.82) is 0 Å². The van der Waals surface area contributed by atoms with Crippen LogP contribution in [0.15, 0.2) is 42.5 Å². The average Bonchev–Trinajstić information content (AvgIpc) is 2.65. The number of aryl methyl sites for hydroxylation is 1. The number of fused-ring (bicyclic) bond motifs is 1. The van der Waals surface area contributed by atoms with Gasteiger partial charge in [0.15, 0.2) is 0 Å². The number of rotatable bonds is 1. The molecule has 2 N–H and O–H groups in total. The lowest BCUT2D eigenvalue weighted by Gasteiger charge is -2.06. The molecule has 0 aliphatic rings. The molecule has 90 valence electrons. The largest absolute Gasteiger partial charge is 0.369 e. The van der Waals surface area contributed by atoms with Crippen LogP contribution in [0.4, 0.5) is 5.95 Å². The minimum absolute atomic E-state index is 0.484. The van der Waals surface area contributed by atoms with Crippen LogP contribution in [0.3, 0.4) is 0 Å². The standard InChI is InChI=1S/C14H12ClN3/c1-9-2-7-13-12(8-9)17-14(16)18(13)11-5-3-10(15)4-6-11/h2-8H,1H3,(H2,16,17). The normalized spacial score (nSPS) is 11.0. The molecule has 0 spiro atoms. The third-order valence-corrected chi connectivity index (χ3v) is 3.17. The molecular formula is C14H12ClN3. The van der Waals surface area contributed by atoms with Gasteiger partial charge in [-0.1, -0.05) is 17.7 Å². The van der Waals surface area contributed by atoms with Crippen molar-refractivity contribution in [2.24, 2.45) is 0 Å². The molecule has 0 radical (unpaired) electrons. The van der Waals surface area contributed by atoms with Crippen LogP contribution in [0.1, 0.15) is 5.56 Å². The third kappa shape index (κ3) is 1.73. The highest BCUT2D eigenvalue weighted by molar-refractivity contribution is 6.30. The first-order valence-electron chi connectivity index (χ1n) is 5.66. The van der Waals surface area contributed by atoms with Crippen molar-refractivity contribution >= 4 is 28.6 Å². The van der Waals surface area contributed by atoms with Crippen LogP contribution in [0.2, 0.25) is 5.02 Å². The number of aromatic nitrogens is 2. The zero-order valence-corrected chi connectivity index (χ0v) is 10.6. The Labute approximate surface area is 110 Å². The molecule has 0 saturated heterocycles. The van der Waals surface area contributed by atoms with E-state index in [1.54, 1.807) is 0 Å². The fraction of sp³-hybridized carbons (Fsp3) is 0.0714. The number of anilines is 1. The summed E-state index contributed by atoms with van der Waals surface area (Å²) in [6.45, 7) is 2.04. The van der Waals surface area contributed by atoms with E-state index in [-0.39, 0.29) is 0 Å². The van der Waals surface area contributed by atoms with Crippen LogP contribution in [-0.2, 0) is 0 Å². The summed E-state index contributed by atoms with van der Waals surface area (Å²) in [5, 5.41) is 0.706. The van der Waals surface area contributed by atoms with E-state index < -0.39 is 0 Å². The predicted molar refractivity (Wildman–Crippen MR) is 75.2 cm³/mol. The lowest BCUT2D eigenvalue weighted by molar-refractivity contribution is 1.11. The number of nitrogens with two attached hydrogens (primary N) is 1. The summed E-state index contributed by atoms with van der Waals surface area (Å²) in [5.41, 5.74) is 10.0. The Kier molecular flexibility index (Phi) is 2.49. The number of nitrogens with zero attached hydrogens (tertiary/aromatic N) is 2. The molecule has 0 aliphatic heterocycles. The minimum Gasteiger partial charge on any atom is -0.369 e. The summed E-state index contributed by atoms with van der Waals surface area (Å²) in [4.78, 5) is 4.38. The fourth-order valence-electron chi connectivity index (χ4n) is 2.07. The van der Waals surface area contributed by atoms with E-state index in [4.69, 9.17) is 17.3 Å². The maximum Gasteiger partial charge on any atom is 0.205 e. The molecule has 1 heterocycles. The van der Waals surface area contributed by atoms with E-state index in [1.165, 1.54) is 5.56 Å². The summed E-state index contributed by atoms with van der Waals surface area (Å²) >= 11 is 5.90. The van der Waals surface area contributed by atoms with E-state index in [1.807, 2.05) is 47.9 Å². The van der Waals surface area contributed by atoms with Gasteiger partial charge in [-0.3, -0.25) is 4.57 Å². The summed E-state index contributed by atoms with van der Waals surface area (Å²) in [6.07, 6.45) is 0. The van der Waals surface area contributed by atoms with Crippen molar-refractivity contribution in [3.8, 4) is 5.69 Å². The molecule has 0 aliphatic carbocycles. The Hall–Kier alpha value is -2.00. The molecule has 1 aromatic heterocycles. The van der Waals surface area contributed by atoms with Crippen molar-refractivity contribution in [2.75, 3.05) is 5.73 Å². The Bertz CT molecular complexity index is 714. The molecule has 3 aromatic rings. The molecule has 3 nitrogen and oxygen atoms in total. The van der Waals surface area contributed by atoms with Crippen LogP contribution >= 0.6 is 11.6 Å².